The smallest absolute Gasteiger partial charge is 0.437 e. The second-order valence-electron chi connectivity index (χ2n) is 8.83. The SMILES string of the molecule is O=C(Nc1ccc(OC(F)(F)F)cc1)Nc1cccnc1Oc1cccc2c1CCN(Cc1cccnc1)C2. The quantitative estimate of drug-likeness (QED) is 0.286. The van der Waals surface area contributed by atoms with Crippen molar-refractivity contribution in [1.29, 1.82) is 0 Å². The molecule has 1 aliphatic rings. The van der Waals surface area contributed by atoms with Crippen LogP contribution in [-0.2, 0) is 19.5 Å². The van der Waals surface area contributed by atoms with Gasteiger partial charge in [-0.25, -0.2) is 9.78 Å². The van der Waals surface area contributed by atoms with Crippen molar-refractivity contribution in [2.75, 3.05) is 17.2 Å². The zero-order chi connectivity index (χ0) is 27.2. The molecular weight excluding hydrogens is 511 g/mol. The summed E-state index contributed by atoms with van der Waals surface area (Å²) in [7, 11) is 0. The molecule has 0 spiro atoms. The molecule has 3 heterocycles. The van der Waals surface area contributed by atoms with Gasteiger partial charge in [0.1, 0.15) is 17.2 Å². The van der Waals surface area contributed by atoms with Crippen molar-refractivity contribution in [1.82, 2.24) is 14.9 Å². The van der Waals surface area contributed by atoms with E-state index in [4.69, 9.17) is 4.74 Å². The largest absolute Gasteiger partial charge is 0.573 e. The van der Waals surface area contributed by atoms with Crippen LogP contribution in [0.2, 0.25) is 0 Å². The van der Waals surface area contributed by atoms with Crippen LogP contribution in [0.4, 0.5) is 29.3 Å². The van der Waals surface area contributed by atoms with Gasteiger partial charge in [0.2, 0.25) is 5.88 Å². The minimum Gasteiger partial charge on any atom is -0.437 e. The second kappa shape index (κ2) is 11.4. The van der Waals surface area contributed by atoms with E-state index in [1.807, 2.05) is 24.4 Å². The number of pyridine rings is 2. The van der Waals surface area contributed by atoms with Gasteiger partial charge < -0.3 is 20.1 Å². The Labute approximate surface area is 222 Å². The van der Waals surface area contributed by atoms with E-state index in [1.54, 1.807) is 24.5 Å². The van der Waals surface area contributed by atoms with E-state index in [0.717, 1.165) is 54.9 Å². The Morgan fingerprint density at radius 3 is 2.56 bits per heavy atom. The first-order valence-corrected chi connectivity index (χ1v) is 12.1. The summed E-state index contributed by atoms with van der Waals surface area (Å²) in [4.78, 5) is 23.4. The van der Waals surface area contributed by atoms with Crippen LogP contribution in [0.5, 0.6) is 17.4 Å². The molecule has 200 valence electrons. The fraction of sp³-hybridized carbons (Fsp3) is 0.179. The molecule has 8 nitrogen and oxygen atoms in total. The number of rotatable bonds is 7. The molecule has 0 fully saturated rings. The van der Waals surface area contributed by atoms with Crippen molar-refractivity contribution in [3.63, 3.8) is 0 Å². The first kappa shape index (κ1) is 26.0. The number of alkyl halides is 3. The first-order chi connectivity index (χ1) is 18.8. The Morgan fingerprint density at radius 1 is 0.974 bits per heavy atom. The number of anilines is 2. The van der Waals surface area contributed by atoms with Crippen molar-refractivity contribution in [3.8, 4) is 17.4 Å². The number of fused-ring (bicyclic) bond motifs is 1. The van der Waals surface area contributed by atoms with Gasteiger partial charge in [-0.15, -0.1) is 13.2 Å². The standard InChI is InChI=1S/C28H24F3N5O3/c29-28(30,31)39-22-10-8-21(9-11-22)34-27(37)35-24-6-3-14-33-26(24)38-25-7-1-5-20-18-36(15-12-23(20)25)17-19-4-2-13-32-16-19/h1-11,13-14,16H,12,15,17-18H2,(H2,34,35,37). The lowest BCUT2D eigenvalue weighted by molar-refractivity contribution is -0.274. The van der Waals surface area contributed by atoms with Crippen LogP contribution in [0.15, 0.2) is 85.3 Å². The zero-order valence-electron chi connectivity index (χ0n) is 20.6. The van der Waals surface area contributed by atoms with Crippen molar-refractivity contribution >= 4 is 17.4 Å². The highest BCUT2D eigenvalue weighted by atomic mass is 19.4. The number of halogens is 3. The lowest BCUT2D eigenvalue weighted by Crippen LogP contribution is -2.30. The predicted octanol–water partition coefficient (Wildman–Crippen LogP) is 6.37. The molecule has 0 saturated carbocycles. The molecule has 0 saturated heterocycles. The van der Waals surface area contributed by atoms with E-state index in [0.29, 0.717) is 11.4 Å². The average Bonchev–Trinajstić information content (AvgIpc) is 2.91. The summed E-state index contributed by atoms with van der Waals surface area (Å²) in [6.45, 7) is 2.43. The van der Waals surface area contributed by atoms with Gasteiger partial charge >= 0.3 is 12.4 Å². The predicted molar refractivity (Wildman–Crippen MR) is 139 cm³/mol. The van der Waals surface area contributed by atoms with Crippen LogP contribution < -0.4 is 20.1 Å². The summed E-state index contributed by atoms with van der Waals surface area (Å²) in [5.41, 5.74) is 4.01. The Kier molecular flexibility index (Phi) is 7.60. The zero-order valence-corrected chi connectivity index (χ0v) is 20.6. The lowest BCUT2D eigenvalue weighted by Gasteiger charge is -2.29. The molecule has 2 aromatic carbocycles. The highest BCUT2D eigenvalue weighted by Gasteiger charge is 2.31. The number of nitrogens with zero attached hydrogens (tertiary/aromatic N) is 3. The number of nitrogens with one attached hydrogen (secondary N) is 2. The number of carbonyl (C=O) groups is 1. The van der Waals surface area contributed by atoms with Gasteiger partial charge in [0.15, 0.2) is 0 Å². The van der Waals surface area contributed by atoms with Crippen molar-refractivity contribution < 1.29 is 27.4 Å². The summed E-state index contributed by atoms with van der Waals surface area (Å²) in [5, 5.41) is 5.25. The molecule has 4 aromatic rings. The Hall–Kier alpha value is -4.64. The van der Waals surface area contributed by atoms with Crippen molar-refractivity contribution in [2.45, 2.75) is 25.9 Å². The Bertz CT molecular complexity index is 1430. The summed E-state index contributed by atoms with van der Waals surface area (Å²) >= 11 is 0. The number of aromatic nitrogens is 2. The molecule has 0 aliphatic carbocycles. The summed E-state index contributed by atoms with van der Waals surface area (Å²) in [6.07, 6.45) is 1.19. The van der Waals surface area contributed by atoms with E-state index < -0.39 is 12.4 Å². The summed E-state index contributed by atoms with van der Waals surface area (Å²) in [5.74, 6) is 0.492. The van der Waals surface area contributed by atoms with E-state index in [9.17, 15) is 18.0 Å². The molecule has 11 heteroatoms. The van der Waals surface area contributed by atoms with E-state index in [-0.39, 0.29) is 17.3 Å². The number of hydrogen-bond donors (Lipinski definition) is 2. The van der Waals surface area contributed by atoms with Crippen LogP contribution in [0.1, 0.15) is 16.7 Å². The monoisotopic (exact) mass is 535 g/mol. The maximum Gasteiger partial charge on any atom is 0.573 e. The maximum absolute atomic E-state index is 12.6. The first-order valence-electron chi connectivity index (χ1n) is 12.1. The number of hydrogen-bond acceptors (Lipinski definition) is 6. The third kappa shape index (κ3) is 7.02. The third-order valence-electron chi connectivity index (χ3n) is 6.00. The number of ether oxygens (including phenoxy) is 2. The second-order valence-corrected chi connectivity index (χ2v) is 8.83. The lowest BCUT2D eigenvalue weighted by atomic mass is 9.98. The molecule has 39 heavy (non-hydrogen) atoms. The Balaban J connectivity index is 1.24. The Morgan fingerprint density at radius 2 is 1.79 bits per heavy atom. The molecule has 0 radical (unpaired) electrons. The van der Waals surface area contributed by atoms with Gasteiger partial charge in [0.05, 0.1) is 0 Å². The van der Waals surface area contributed by atoms with E-state index in [1.165, 1.54) is 12.1 Å². The van der Waals surface area contributed by atoms with Gasteiger partial charge in [0.25, 0.3) is 0 Å². The molecule has 0 bridgehead atoms. The van der Waals surface area contributed by atoms with Gasteiger partial charge in [-0.1, -0.05) is 18.2 Å². The van der Waals surface area contributed by atoms with Gasteiger partial charge in [0, 0.05) is 49.5 Å². The maximum atomic E-state index is 12.6. The van der Waals surface area contributed by atoms with Crippen LogP contribution in [0.3, 0.4) is 0 Å². The van der Waals surface area contributed by atoms with Gasteiger partial charge in [-0.2, -0.15) is 0 Å². The molecule has 0 atom stereocenters. The number of amides is 2. The van der Waals surface area contributed by atoms with Crippen LogP contribution in [0.25, 0.3) is 0 Å². The van der Waals surface area contributed by atoms with Crippen LogP contribution in [0, 0.1) is 0 Å². The molecule has 1 aliphatic heterocycles. The normalized spacial score (nSPS) is 13.3. The number of urea groups is 1. The van der Waals surface area contributed by atoms with Gasteiger partial charge in [-0.3, -0.25) is 9.88 Å². The van der Waals surface area contributed by atoms with E-state index in [2.05, 4.69) is 42.4 Å². The highest BCUT2D eigenvalue weighted by Crippen LogP contribution is 2.34. The summed E-state index contributed by atoms with van der Waals surface area (Å²) < 4.78 is 47.1. The number of carbonyl (C=O) groups excluding carboxylic acids is 1. The van der Waals surface area contributed by atoms with Crippen molar-refractivity contribution in [3.05, 3.63) is 102 Å². The topological polar surface area (TPSA) is 88.6 Å². The highest BCUT2D eigenvalue weighted by molar-refractivity contribution is 6.00. The number of benzene rings is 2. The van der Waals surface area contributed by atoms with Gasteiger partial charge in [-0.05, 0) is 66.1 Å². The molecule has 2 N–H and O–H groups in total. The molecule has 5 rings (SSSR count). The fourth-order valence-corrected chi connectivity index (χ4v) is 4.31. The average molecular weight is 536 g/mol. The van der Waals surface area contributed by atoms with E-state index >= 15 is 0 Å². The summed E-state index contributed by atoms with van der Waals surface area (Å²) in [6, 6.07) is 17.4. The molecular formula is C28H24F3N5O3. The third-order valence-corrected chi connectivity index (χ3v) is 6.00. The van der Waals surface area contributed by atoms with Crippen LogP contribution >= 0.6 is 0 Å². The molecule has 0 unspecified atom stereocenters. The molecule has 2 amide bonds. The van der Waals surface area contributed by atoms with Crippen LogP contribution in [-0.4, -0.2) is 33.8 Å². The minimum absolute atomic E-state index is 0.216. The van der Waals surface area contributed by atoms with Crippen molar-refractivity contribution in [2.24, 2.45) is 0 Å². The minimum atomic E-state index is -4.79. The fourth-order valence-electron chi connectivity index (χ4n) is 4.31. The molecule has 2 aromatic heterocycles.